The highest BCUT2D eigenvalue weighted by Crippen LogP contribution is 2.18. The molecule has 0 saturated carbocycles. The summed E-state index contributed by atoms with van der Waals surface area (Å²) in [7, 11) is 0. The number of morpholine rings is 1. The van der Waals surface area contributed by atoms with Gasteiger partial charge in [-0.15, -0.1) is 0 Å². The lowest BCUT2D eigenvalue weighted by Crippen LogP contribution is -2.52. The Morgan fingerprint density at radius 1 is 1.26 bits per heavy atom. The fourth-order valence-electron chi connectivity index (χ4n) is 3.29. The molecule has 126 valence electrons. The minimum absolute atomic E-state index is 0.0800. The third-order valence-corrected chi connectivity index (χ3v) is 4.76. The van der Waals surface area contributed by atoms with Crippen molar-refractivity contribution in [2.45, 2.75) is 25.4 Å². The second-order valence-electron chi connectivity index (χ2n) is 6.53. The molecular weight excluding hydrogens is 290 g/mol. The van der Waals surface area contributed by atoms with E-state index in [1.807, 2.05) is 0 Å². The fraction of sp³-hybridized carbons (Fsp3) is 0.611. The van der Waals surface area contributed by atoms with Crippen LogP contribution in [0.1, 0.15) is 18.4 Å². The molecule has 2 aliphatic rings. The van der Waals surface area contributed by atoms with E-state index >= 15 is 0 Å². The Balaban J connectivity index is 1.35. The summed E-state index contributed by atoms with van der Waals surface area (Å²) in [6, 6.07) is 10.4. The molecule has 2 fully saturated rings. The van der Waals surface area contributed by atoms with Crippen molar-refractivity contribution < 1.29 is 9.53 Å². The number of amides is 1. The topological polar surface area (TPSA) is 53.6 Å². The molecule has 2 heterocycles. The number of ether oxygens (including phenoxy) is 1. The van der Waals surface area contributed by atoms with E-state index in [1.165, 1.54) is 5.56 Å². The van der Waals surface area contributed by atoms with Crippen LogP contribution < -0.4 is 10.6 Å². The molecule has 1 unspecified atom stereocenters. The summed E-state index contributed by atoms with van der Waals surface area (Å²) in [5, 5.41) is 6.28. The van der Waals surface area contributed by atoms with Gasteiger partial charge in [0.2, 0.25) is 5.91 Å². The van der Waals surface area contributed by atoms with Gasteiger partial charge in [-0.25, -0.2) is 0 Å². The Morgan fingerprint density at radius 2 is 2.04 bits per heavy atom. The highest BCUT2D eigenvalue weighted by Gasteiger charge is 2.23. The largest absolute Gasteiger partial charge is 0.378 e. The molecule has 0 radical (unpaired) electrons. The summed E-state index contributed by atoms with van der Waals surface area (Å²) in [4.78, 5) is 14.6. The summed E-state index contributed by atoms with van der Waals surface area (Å²) in [6.45, 7) is 5.99. The zero-order valence-corrected chi connectivity index (χ0v) is 13.7. The number of carbonyl (C=O) groups excluding carboxylic acids is 1. The van der Waals surface area contributed by atoms with E-state index in [0.717, 1.165) is 45.6 Å². The zero-order chi connectivity index (χ0) is 15.9. The number of rotatable bonds is 5. The van der Waals surface area contributed by atoms with Crippen LogP contribution in [0.15, 0.2) is 30.3 Å². The predicted molar refractivity (Wildman–Crippen MR) is 90.1 cm³/mol. The van der Waals surface area contributed by atoms with E-state index in [0.29, 0.717) is 19.1 Å². The number of nitrogens with zero attached hydrogens (tertiary/aromatic N) is 1. The Morgan fingerprint density at radius 3 is 2.74 bits per heavy atom. The molecule has 23 heavy (non-hydrogen) atoms. The second-order valence-corrected chi connectivity index (χ2v) is 6.53. The van der Waals surface area contributed by atoms with E-state index in [4.69, 9.17) is 4.74 Å². The van der Waals surface area contributed by atoms with E-state index in [2.05, 4.69) is 45.9 Å². The molecule has 2 N–H and O–H groups in total. The molecule has 0 aromatic heterocycles. The first-order chi connectivity index (χ1) is 11.3. The Labute approximate surface area is 138 Å². The van der Waals surface area contributed by atoms with Crippen LogP contribution in [0.2, 0.25) is 0 Å². The molecule has 1 amide bonds. The zero-order valence-electron chi connectivity index (χ0n) is 13.7. The van der Waals surface area contributed by atoms with Gasteiger partial charge in [0.1, 0.15) is 6.04 Å². The highest BCUT2D eigenvalue weighted by atomic mass is 16.5. The number of piperidine rings is 1. The van der Waals surface area contributed by atoms with E-state index in [1.54, 1.807) is 0 Å². The van der Waals surface area contributed by atoms with Gasteiger partial charge in [0, 0.05) is 19.6 Å². The van der Waals surface area contributed by atoms with Crippen molar-refractivity contribution in [1.82, 2.24) is 15.5 Å². The molecule has 1 aromatic rings. The van der Waals surface area contributed by atoms with Gasteiger partial charge in [0.15, 0.2) is 0 Å². The lowest BCUT2D eigenvalue weighted by atomic mass is 9.96. The Hall–Kier alpha value is -1.43. The summed E-state index contributed by atoms with van der Waals surface area (Å²) in [6.07, 6.45) is 2.31. The molecule has 5 heteroatoms. The van der Waals surface area contributed by atoms with Crippen LogP contribution in [0.4, 0.5) is 0 Å². The van der Waals surface area contributed by atoms with Gasteiger partial charge in [-0.1, -0.05) is 30.3 Å². The molecule has 1 atom stereocenters. The monoisotopic (exact) mass is 317 g/mol. The quantitative estimate of drug-likeness (QED) is 0.851. The SMILES string of the molecule is O=C(NCC1CCN(Cc2ccccc2)CC1)C1COCCN1. The summed E-state index contributed by atoms with van der Waals surface area (Å²) in [5.74, 6) is 0.673. The Kier molecular flexibility index (Phi) is 6.02. The number of carbonyl (C=O) groups is 1. The van der Waals surface area contributed by atoms with Gasteiger partial charge in [-0.2, -0.15) is 0 Å². The smallest absolute Gasteiger partial charge is 0.239 e. The standard InChI is InChI=1S/C18H27N3O2/c22-18(17-14-23-11-8-19-17)20-12-15-6-9-21(10-7-15)13-16-4-2-1-3-5-16/h1-5,15,17,19H,6-14H2,(H,20,22). The van der Waals surface area contributed by atoms with Gasteiger partial charge in [0.05, 0.1) is 13.2 Å². The average molecular weight is 317 g/mol. The lowest BCUT2D eigenvalue weighted by molar-refractivity contribution is -0.126. The van der Waals surface area contributed by atoms with Gasteiger partial charge < -0.3 is 15.4 Å². The van der Waals surface area contributed by atoms with E-state index in [9.17, 15) is 4.79 Å². The Bertz CT molecular complexity index is 480. The molecule has 1 aromatic carbocycles. The van der Waals surface area contributed by atoms with Crippen LogP contribution in [0.5, 0.6) is 0 Å². The molecule has 0 aliphatic carbocycles. The molecule has 5 nitrogen and oxygen atoms in total. The van der Waals surface area contributed by atoms with Crippen molar-refractivity contribution in [3.63, 3.8) is 0 Å². The highest BCUT2D eigenvalue weighted by molar-refractivity contribution is 5.81. The van der Waals surface area contributed by atoms with Crippen LogP contribution in [-0.4, -0.2) is 56.2 Å². The number of hydrogen-bond donors (Lipinski definition) is 2. The van der Waals surface area contributed by atoms with Crippen molar-refractivity contribution >= 4 is 5.91 Å². The number of likely N-dealkylation sites (tertiary alicyclic amines) is 1. The number of nitrogens with one attached hydrogen (secondary N) is 2. The fourth-order valence-corrected chi connectivity index (χ4v) is 3.29. The number of benzene rings is 1. The van der Waals surface area contributed by atoms with Crippen molar-refractivity contribution in [3.05, 3.63) is 35.9 Å². The van der Waals surface area contributed by atoms with Gasteiger partial charge in [0.25, 0.3) is 0 Å². The summed E-state index contributed by atoms with van der Waals surface area (Å²) in [5.41, 5.74) is 1.38. The molecular formula is C18H27N3O2. The van der Waals surface area contributed by atoms with Gasteiger partial charge in [-0.05, 0) is 37.4 Å². The first-order valence-corrected chi connectivity index (χ1v) is 8.66. The van der Waals surface area contributed by atoms with Crippen molar-refractivity contribution in [3.8, 4) is 0 Å². The summed E-state index contributed by atoms with van der Waals surface area (Å²) >= 11 is 0. The van der Waals surface area contributed by atoms with E-state index < -0.39 is 0 Å². The van der Waals surface area contributed by atoms with Crippen LogP contribution in [0.3, 0.4) is 0 Å². The minimum atomic E-state index is -0.179. The maximum absolute atomic E-state index is 12.1. The first kappa shape index (κ1) is 16.4. The average Bonchev–Trinajstić information content (AvgIpc) is 2.62. The normalized spacial score (nSPS) is 23.6. The third kappa shape index (κ3) is 5.03. The van der Waals surface area contributed by atoms with Crippen molar-refractivity contribution in [1.29, 1.82) is 0 Å². The number of hydrogen-bond acceptors (Lipinski definition) is 4. The van der Waals surface area contributed by atoms with Crippen LogP contribution >= 0.6 is 0 Å². The van der Waals surface area contributed by atoms with Gasteiger partial charge >= 0.3 is 0 Å². The van der Waals surface area contributed by atoms with Crippen LogP contribution in [-0.2, 0) is 16.1 Å². The van der Waals surface area contributed by atoms with Gasteiger partial charge in [-0.3, -0.25) is 9.69 Å². The van der Waals surface area contributed by atoms with Crippen molar-refractivity contribution in [2.24, 2.45) is 5.92 Å². The van der Waals surface area contributed by atoms with Crippen molar-refractivity contribution in [2.75, 3.05) is 39.4 Å². The predicted octanol–water partition coefficient (Wildman–Crippen LogP) is 1.00. The molecule has 2 aliphatic heterocycles. The minimum Gasteiger partial charge on any atom is -0.378 e. The summed E-state index contributed by atoms with van der Waals surface area (Å²) < 4.78 is 5.34. The molecule has 3 rings (SSSR count). The molecule has 0 bridgehead atoms. The molecule has 2 saturated heterocycles. The third-order valence-electron chi connectivity index (χ3n) is 4.76. The maximum Gasteiger partial charge on any atom is 0.239 e. The second kappa shape index (κ2) is 8.43. The molecule has 0 spiro atoms. The van der Waals surface area contributed by atoms with E-state index in [-0.39, 0.29) is 11.9 Å². The lowest BCUT2D eigenvalue weighted by Gasteiger charge is -2.32. The van der Waals surface area contributed by atoms with Crippen LogP contribution in [0, 0.1) is 5.92 Å². The van der Waals surface area contributed by atoms with Crippen LogP contribution in [0.25, 0.3) is 0 Å². The maximum atomic E-state index is 12.1. The first-order valence-electron chi connectivity index (χ1n) is 8.66.